The van der Waals surface area contributed by atoms with Crippen LogP contribution in [-0.4, -0.2) is 28.5 Å². The first-order valence-corrected chi connectivity index (χ1v) is 9.92. The third-order valence-corrected chi connectivity index (χ3v) is 5.54. The van der Waals surface area contributed by atoms with Crippen LogP contribution in [0.2, 0.25) is 0 Å². The molecular formula is C24H25FN2O3. The summed E-state index contributed by atoms with van der Waals surface area (Å²) in [6.45, 7) is 9.11. The molecule has 0 aliphatic heterocycles. The molecule has 1 aromatic heterocycles. The maximum absolute atomic E-state index is 13.2. The highest BCUT2D eigenvalue weighted by atomic mass is 19.1. The standard InChI is InChI=1S/C24H25FN2O3/c1-5-15(4)27-21(29)11-17-10-20(28)23(24(17)30)22-13(2)8-16(9-14(22)3)19-7-6-18(25)12-26-19/h5-9,12,15,17,23H,1,10-11H2,2-4H3,(H,27,29). The van der Waals surface area contributed by atoms with E-state index in [0.717, 1.165) is 22.9 Å². The summed E-state index contributed by atoms with van der Waals surface area (Å²) in [6.07, 6.45) is 2.82. The zero-order chi connectivity index (χ0) is 22.0. The lowest BCUT2D eigenvalue weighted by Crippen LogP contribution is -2.33. The van der Waals surface area contributed by atoms with Crippen LogP contribution in [-0.2, 0) is 14.4 Å². The number of nitrogens with one attached hydrogen (secondary N) is 1. The monoisotopic (exact) mass is 408 g/mol. The van der Waals surface area contributed by atoms with Crippen molar-refractivity contribution in [3.05, 3.63) is 65.6 Å². The summed E-state index contributed by atoms with van der Waals surface area (Å²) in [4.78, 5) is 42.0. The Hall–Kier alpha value is -3.15. The van der Waals surface area contributed by atoms with Gasteiger partial charge in [-0.15, -0.1) is 6.58 Å². The average molecular weight is 408 g/mol. The van der Waals surface area contributed by atoms with Gasteiger partial charge in [0.25, 0.3) is 0 Å². The van der Waals surface area contributed by atoms with Gasteiger partial charge < -0.3 is 5.32 Å². The van der Waals surface area contributed by atoms with Crippen LogP contribution in [0.15, 0.2) is 43.1 Å². The summed E-state index contributed by atoms with van der Waals surface area (Å²) in [5, 5.41) is 2.74. The van der Waals surface area contributed by atoms with Crippen molar-refractivity contribution in [2.75, 3.05) is 0 Å². The van der Waals surface area contributed by atoms with E-state index >= 15 is 0 Å². The van der Waals surface area contributed by atoms with Gasteiger partial charge in [0.05, 0.1) is 11.9 Å². The van der Waals surface area contributed by atoms with Crippen LogP contribution in [0.4, 0.5) is 4.39 Å². The second-order valence-corrected chi connectivity index (χ2v) is 7.88. The molecule has 3 rings (SSSR count). The molecule has 1 aliphatic rings. The van der Waals surface area contributed by atoms with Crippen molar-refractivity contribution in [2.45, 2.75) is 45.6 Å². The Bertz CT molecular complexity index is 991. The van der Waals surface area contributed by atoms with Crippen molar-refractivity contribution in [1.82, 2.24) is 10.3 Å². The minimum absolute atomic E-state index is 0.00503. The molecule has 1 amide bonds. The molecule has 1 heterocycles. The summed E-state index contributed by atoms with van der Waals surface area (Å²) in [7, 11) is 0. The SMILES string of the molecule is C=CC(C)NC(=O)CC1CC(=O)C(c2c(C)cc(-c3ccc(F)cn3)cc2C)C1=O. The molecule has 30 heavy (non-hydrogen) atoms. The number of halogens is 1. The number of carbonyl (C=O) groups excluding carboxylic acids is 3. The minimum Gasteiger partial charge on any atom is -0.350 e. The van der Waals surface area contributed by atoms with E-state index in [2.05, 4.69) is 16.9 Å². The fraction of sp³-hybridized carbons (Fsp3) is 0.333. The van der Waals surface area contributed by atoms with Crippen molar-refractivity contribution < 1.29 is 18.8 Å². The lowest BCUT2D eigenvalue weighted by molar-refractivity contribution is -0.128. The smallest absolute Gasteiger partial charge is 0.221 e. The van der Waals surface area contributed by atoms with Crippen molar-refractivity contribution >= 4 is 17.5 Å². The van der Waals surface area contributed by atoms with Gasteiger partial charge in [-0.3, -0.25) is 19.4 Å². The Morgan fingerprint density at radius 3 is 2.53 bits per heavy atom. The molecule has 0 radical (unpaired) electrons. The Morgan fingerprint density at radius 1 is 1.30 bits per heavy atom. The van der Waals surface area contributed by atoms with E-state index in [1.54, 1.807) is 19.1 Å². The highest BCUT2D eigenvalue weighted by Crippen LogP contribution is 2.38. The lowest BCUT2D eigenvalue weighted by atomic mass is 9.85. The van der Waals surface area contributed by atoms with Crippen molar-refractivity contribution in [3.8, 4) is 11.3 Å². The van der Waals surface area contributed by atoms with Gasteiger partial charge in [0.15, 0.2) is 5.78 Å². The number of hydrogen-bond donors (Lipinski definition) is 1. The number of aromatic nitrogens is 1. The molecule has 1 aliphatic carbocycles. The van der Waals surface area contributed by atoms with Crippen LogP contribution in [0.5, 0.6) is 0 Å². The van der Waals surface area contributed by atoms with Gasteiger partial charge in [0.2, 0.25) is 5.91 Å². The highest BCUT2D eigenvalue weighted by molar-refractivity contribution is 6.15. The topological polar surface area (TPSA) is 76.1 Å². The maximum atomic E-state index is 13.2. The molecule has 0 saturated heterocycles. The largest absolute Gasteiger partial charge is 0.350 e. The molecule has 5 nitrogen and oxygen atoms in total. The Kier molecular flexibility index (Phi) is 6.25. The number of carbonyl (C=O) groups is 3. The van der Waals surface area contributed by atoms with E-state index in [4.69, 9.17) is 0 Å². The molecule has 0 spiro atoms. The summed E-state index contributed by atoms with van der Waals surface area (Å²) in [6, 6.07) is 6.45. The van der Waals surface area contributed by atoms with Crippen molar-refractivity contribution in [2.24, 2.45) is 5.92 Å². The van der Waals surface area contributed by atoms with E-state index in [0.29, 0.717) is 11.3 Å². The molecule has 3 unspecified atom stereocenters. The van der Waals surface area contributed by atoms with E-state index in [1.165, 1.54) is 6.07 Å². The number of ketones is 2. The molecule has 1 fully saturated rings. The van der Waals surface area contributed by atoms with Gasteiger partial charge in [0, 0.05) is 30.4 Å². The fourth-order valence-corrected chi connectivity index (χ4v) is 4.05. The van der Waals surface area contributed by atoms with Crippen LogP contribution in [0.25, 0.3) is 11.3 Å². The number of aryl methyl sites for hydroxylation is 2. The quantitative estimate of drug-likeness (QED) is 0.582. The maximum Gasteiger partial charge on any atom is 0.221 e. The summed E-state index contributed by atoms with van der Waals surface area (Å²) in [5.41, 5.74) is 3.70. The number of rotatable bonds is 6. The highest BCUT2D eigenvalue weighted by Gasteiger charge is 2.43. The fourth-order valence-electron chi connectivity index (χ4n) is 4.05. The molecular weight excluding hydrogens is 383 g/mol. The van der Waals surface area contributed by atoms with Crippen LogP contribution in [0.3, 0.4) is 0 Å². The second-order valence-electron chi connectivity index (χ2n) is 7.88. The zero-order valence-corrected chi connectivity index (χ0v) is 17.4. The van der Waals surface area contributed by atoms with Crippen LogP contribution >= 0.6 is 0 Å². The van der Waals surface area contributed by atoms with E-state index in [1.807, 2.05) is 26.0 Å². The molecule has 156 valence electrons. The molecule has 3 atom stereocenters. The molecule has 1 aromatic carbocycles. The van der Waals surface area contributed by atoms with Crippen LogP contribution in [0.1, 0.15) is 42.4 Å². The molecule has 2 aromatic rings. The van der Waals surface area contributed by atoms with Gasteiger partial charge in [-0.25, -0.2) is 4.39 Å². The number of nitrogens with zero attached hydrogens (tertiary/aromatic N) is 1. The predicted octanol–water partition coefficient (Wildman–Crippen LogP) is 3.83. The predicted molar refractivity (Wildman–Crippen MR) is 112 cm³/mol. The number of Topliss-reactive ketones (excluding diaryl/α,β-unsaturated/α-hetero) is 2. The Labute approximate surface area is 175 Å². The summed E-state index contributed by atoms with van der Waals surface area (Å²) >= 11 is 0. The second kappa shape index (κ2) is 8.69. The molecule has 1 saturated carbocycles. The normalized spacial score (nSPS) is 19.6. The molecule has 1 N–H and O–H groups in total. The first-order chi connectivity index (χ1) is 14.2. The lowest BCUT2D eigenvalue weighted by Gasteiger charge is -2.17. The van der Waals surface area contributed by atoms with E-state index in [-0.39, 0.29) is 36.4 Å². The van der Waals surface area contributed by atoms with Gasteiger partial charge in [-0.05, 0) is 61.7 Å². The third kappa shape index (κ3) is 4.37. The number of hydrogen-bond acceptors (Lipinski definition) is 4. The molecule has 0 bridgehead atoms. The van der Waals surface area contributed by atoms with Gasteiger partial charge in [-0.2, -0.15) is 0 Å². The van der Waals surface area contributed by atoms with Gasteiger partial charge in [-0.1, -0.05) is 6.08 Å². The number of benzene rings is 1. The van der Waals surface area contributed by atoms with Crippen LogP contribution in [0, 0.1) is 25.6 Å². The van der Waals surface area contributed by atoms with Gasteiger partial charge in [0.1, 0.15) is 17.5 Å². The summed E-state index contributed by atoms with van der Waals surface area (Å²) in [5.74, 6) is -2.51. The Balaban J connectivity index is 1.85. The van der Waals surface area contributed by atoms with Crippen molar-refractivity contribution in [3.63, 3.8) is 0 Å². The number of pyridine rings is 1. The first-order valence-electron chi connectivity index (χ1n) is 9.92. The zero-order valence-electron chi connectivity index (χ0n) is 17.4. The third-order valence-electron chi connectivity index (χ3n) is 5.54. The van der Waals surface area contributed by atoms with Crippen molar-refractivity contribution in [1.29, 1.82) is 0 Å². The van der Waals surface area contributed by atoms with Gasteiger partial charge >= 0.3 is 0 Å². The molecule has 6 heteroatoms. The summed E-state index contributed by atoms with van der Waals surface area (Å²) < 4.78 is 13.2. The Morgan fingerprint density at radius 2 is 1.97 bits per heavy atom. The van der Waals surface area contributed by atoms with E-state index in [9.17, 15) is 18.8 Å². The minimum atomic E-state index is -0.852. The van der Waals surface area contributed by atoms with E-state index < -0.39 is 17.7 Å². The first kappa shape index (κ1) is 21.6. The van der Waals surface area contributed by atoms with Crippen LogP contribution < -0.4 is 5.32 Å². The number of amides is 1. The average Bonchev–Trinajstić information content (AvgIpc) is 2.95.